The van der Waals surface area contributed by atoms with Crippen LogP contribution in [0.25, 0.3) is 0 Å². The first kappa shape index (κ1) is 11.2. The summed E-state index contributed by atoms with van der Waals surface area (Å²) in [6.45, 7) is 1.68. The highest BCUT2D eigenvalue weighted by Gasteiger charge is 2.29. The van der Waals surface area contributed by atoms with Crippen molar-refractivity contribution in [1.82, 2.24) is 0 Å². The van der Waals surface area contributed by atoms with Gasteiger partial charge in [0.1, 0.15) is 5.38 Å². The average Bonchev–Trinajstić information content (AvgIpc) is 2.02. The van der Waals surface area contributed by atoms with Crippen LogP contribution in [0.1, 0.15) is 6.92 Å². The zero-order valence-electron chi connectivity index (χ0n) is 6.49. The maximum atomic E-state index is 10.7. The van der Waals surface area contributed by atoms with E-state index < -0.39 is 23.4 Å². The molecule has 3 N–H and O–H groups in total. The Labute approximate surface area is 74.4 Å². The van der Waals surface area contributed by atoms with Gasteiger partial charge in [0, 0.05) is 0 Å². The lowest BCUT2D eigenvalue weighted by Crippen LogP contribution is -2.40. The molecule has 0 spiro atoms. The monoisotopic (exact) mass is 195 g/mol. The molecule has 0 bridgehead atoms. The number of carbonyl (C=O) groups is 2. The minimum atomic E-state index is -1.69. The van der Waals surface area contributed by atoms with Gasteiger partial charge in [-0.3, -0.25) is 4.79 Å². The van der Waals surface area contributed by atoms with Gasteiger partial charge in [-0.1, -0.05) is 0 Å². The van der Waals surface area contributed by atoms with Crippen LogP contribution in [0.3, 0.4) is 0 Å². The van der Waals surface area contributed by atoms with E-state index >= 15 is 0 Å². The van der Waals surface area contributed by atoms with Gasteiger partial charge >= 0.3 is 5.97 Å². The molecule has 0 heterocycles. The number of nitrogens with two attached hydrogens (primary N) is 1. The number of amides is 1. The van der Waals surface area contributed by atoms with Crippen molar-refractivity contribution >= 4 is 23.5 Å². The van der Waals surface area contributed by atoms with Gasteiger partial charge in [-0.2, -0.15) is 0 Å². The first-order valence-electron chi connectivity index (χ1n) is 3.28. The van der Waals surface area contributed by atoms with Crippen molar-refractivity contribution in [1.29, 1.82) is 0 Å². The van der Waals surface area contributed by atoms with E-state index in [-0.39, 0.29) is 6.61 Å². The van der Waals surface area contributed by atoms with Crippen LogP contribution in [0, 0.1) is 0 Å². The van der Waals surface area contributed by atoms with Crippen molar-refractivity contribution in [3.8, 4) is 0 Å². The number of primary amides is 1. The molecule has 12 heavy (non-hydrogen) atoms. The highest BCUT2D eigenvalue weighted by molar-refractivity contribution is 6.32. The summed E-state index contributed by atoms with van der Waals surface area (Å²) >= 11 is 5.27. The third-order valence-electron chi connectivity index (χ3n) is 1.08. The second kappa shape index (κ2) is 4.95. The normalized spacial score (nSPS) is 14.9. The number of ether oxygens (including phenoxy) is 1. The summed E-state index contributed by atoms with van der Waals surface area (Å²) in [6.07, 6.45) is -1.69. The molecule has 0 aromatic carbocycles. The molecule has 0 saturated heterocycles. The Kier molecular flexibility index (Phi) is 4.61. The highest BCUT2D eigenvalue weighted by Crippen LogP contribution is 2.03. The van der Waals surface area contributed by atoms with Crippen LogP contribution >= 0.6 is 11.6 Å². The van der Waals surface area contributed by atoms with Crippen LogP contribution in [0.5, 0.6) is 0 Å². The minimum absolute atomic E-state index is 0.109. The van der Waals surface area contributed by atoms with Gasteiger partial charge in [0.15, 0.2) is 6.10 Å². The van der Waals surface area contributed by atoms with Crippen molar-refractivity contribution in [3.05, 3.63) is 0 Å². The second-order valence-electron chi connectivity index (χ2n) is 2.00. The molecule has 0 aliphatic carbocycles. The molecular weight excluding hydrogens is 186 g/mol. The zero-order chi connectivity index (χ0) is 9.72. The largest absolute Gasteiger partial charge is 0.464 e. The van der Waals surface area contributed by atoms with E-state index in [4.69, 9.17) is 22.4 Å². The molecule has 0 aromatic rings. The smallest absolute Gasteiger partial charge is 0.337 e. The lowest BCUT2D eigenvalue weighted by atomic mass is 10.2. The minimum Gasteiger partial charge on any atom is -0.464 e. The molecule has 0 aliphatic rings. The Bertz CT molecular complexity index is 184. The number of hydrogen-bond acceptors (Lipinski definition) is 4. The third kappa shape index (κ3) is 3.06. The standard InChI is InChI=1S/C6H10ClNO4/c1-2-12-6(11)4(9)3(7)5(8)10/h3-4,9H,2H2,1H3,(H2,8,10)/t3-,4-/m1/s1. The van der Waals surface area contributed by atoms with E-state index in [0.29, 0.717) is 0 Å². The number of rotatable bonds is 4. The molecule has 0 fully saturated rings. The van der Waals surface area contributed by atoms with E-state index in [9.17, 15) is 9.59 Å². The highest BCUT2D eigenvalue weighted by atomic mass is 35.5. The van der Waals surface area contributed by atoms with Gasteiger partial charge in [-0.25, -0.2) is 4.79 Å². The van der Waals surface area contributed by atoms with Gasteiger partial charge in [-0.05, 0) is 6.92 Å². The van der Waals surface area contributed by atoms with Crippen LogP contribution in [0.15, 0.2) is 0 Å². The Hall–Kier alpha value is -0.810. The first-order valence-corrected chi connectivity index (χ1v) is 3.72. The van der Waals surface area contributed by atoms with Crippen LogP contribution in [0.4, 0.5) is 0 Å². The summed E-state index contributed by atoms with van der Waals surface area (Å²) in [4.78, 5) is 21.1. The molecular formula is C6H10ClNO4. The van der Waals surface area contributed by atoms with E-state index in [0.717, 1.165) is 0 Å². The predicted octanol–water partition coefficient (Wildman–Crippen LogP) is -0.997. The summed E-state index contributed by atoms with van der Waals surface area (Å²) in [5, 5.41) is 7.54. The molecule has 70 valence electrons. The number of aliphatic hydroxyl groups excluding tert-OH is 1. The summed E-state index contributed by atoms with van der Waals surface area (Å²) in [6, 6.07) is 0. The number of hydrogen-bond donors (Lipinski definition) is 2. The number of aliphatic hydroxyl groups is 1. The van der Waals surface area contributed by atoms with E-state index in [1.165, 1.54) is 0 Å². The predicted molar refractivity (Wildman–Crippen MR) is 41.5 cm³/mol. The maximum absolute atomic E-state index is 10.7. The van der Waals surface area contributed by atoms with Gasteiger partial charge < -0.3 is 15.6 Å². The van der Waals surface area contributed by atoms with E-state index in [2.05, 4.69) is 4.74 Å². The first-order chi connectivity index (χ1) is 5.50. The fourth-order valence-electron chi connectivity index (χ4n) is 0.503. The van der Waals surface area contributed by atoms with Crippen LogP contribution in [0.2, 0.25) is 0 Å². The Balaban J connectivity index is 4.09. The fraction of sp³-hybridized carbons (Fsp3) is 0.667. The van der Waals surface area contributed by atoms with Crippen molar-refractivity contribution in [3.63, 3.8) is 0 Å². The molecule has 5 nitrogen and oxygen atoms in total. The van der Waals surface area contributed by atoms with Gasteiger partial charge in [0.05, 0.1) is 6.61 Å². The fourth-order valence-corrected chi connectivity index (χ4v) is 0.606. The van der Waals surface area contributed by atoms with Crippen molar-refractivity contribution in [2.24, 2.45) is 5.73 Å². The van der Waals surface area contributed by atoms with E-state index in [1.807, 2.05) is 0 Å². The molecule has 0 rings (SSSR count). The molecule has 0 unspecified atom stereocenters. The number of carbonyl (C=O) groups excluding carboxylic acids is 2. The Morgan fingerprint density at radius 3 is 2.50 bits per heavy atom. The number of halogens is 1. The SMILES string of the molecule is CCOC(=O)[C@H](O)[C@@H](Cl)C(N)=O. The van der Waals surface area contributed by atoms with Gasteiger partial charge in [0.25, 0.3) is 0 Å². The molecule has 0 aromatic heterocycles. The summed E-state index contributed by atoms with van der Waals surface area (Å²) in [7, 11) is 0. The Morgan fingerprint density at radius 2 is 2.17 bits per heavy atom. The van der Waals surface area contributed by atoms with Crippen molar-refractivity contribution in [2.45, 2.75) is 18.4 Å². The molecule has 0 aliphatic heterocycles. The summed E-state index contributed by atoms with van der Waals surface area (Å²) in [5.41, 5.74) is 4.73. The average molecular weight is 196 g/mol. The molecule has 1 amide bonds. The third-order valence-corrected chi connectivity index (χ3v) is 1.53. The zero-order valence-corrected chi connectivity index (χ0v) is 7.25. The topological polar surface area (TPSA) is 89.6 Å². The molecule has 0 saturated carbocycles. The number of esters is 1. The Morgan fingerprint density at radius 1 is 1.67 bits per heavy atom. The van der Waals surface area contributed by atoms with Crippen LogP contribution in [-0.4, -0.2) is 35.1 Å². The lowest BCUT2D eigenvalue weighted by Gasteiger charge is -2.11. The summed E-state index contributed by atoms with van der Waals surface area (Å²) in [5.74, 6) is -1.91. The van der Waals surface area contributed by atoms with E-state index in [1.54, 1.807) is 6.92 Å². The molecule has 6 heteroatoms. The summed E-state index contributed by atoms with van der Waals surface area (Å²) < 4.78 is 4.39. The van der Waals surface area contributed by atoms with Gasteiger partial charge in [-0.15, -0.1) is 11.6 Å². The van der Waals surface area contributed by atoms with Gasteiger partial charge in [0.2, 0.25) is 5.91 Å². The van der Waals surface area contributed by atoms with Crippen molar-refractivity contribution in [2.75, 3.05) is 6.61 Å². The van der Waals surface area contributed by atoms with Crippen LogP contribution in [-0.2, 0) is 14.3 Å². The lowest BCUT2D eigenvalue weighted by molar-refractivity contribution is -0.154. The quantitative estimate of drug-likeness (QED) is 0.445. The number of alkyl halides is 1. The van der Waals surface area contributed by atoms with Crippen molar-refractivity contribution < 1.29 is 19.4 Å². The molecule has 2 atom stereocenters. The maximum Gasteiger partial charge on any atom is 0.337 e. The van der Waals surface area contributed by atoms with Crippen LogP contribution < -0.4 is 5.73 Å². The second-order valence-corrected chi connectivity index (χ2v) is 2.47. The molecule has 0 radical (unpaired) electrons.